The number of carbonyl (C=O) groups is 2. The molecule has 1 aromatic rings. The van der Waals surface area contributed by atoms with E-state index in [9.17, 15) is 18.4 Å². The summed E-state index contributed by atoms with van der Waals surface area (Å²) in [6.07, 6.45) is -1.50. The van der Waals surface area contributed by atoms with Gasteiger partial charge in [-0.3, -0.25) is 4.79 Å². The van der Waals surface area contributed by atoms with Crippen LogP contribution in [-0.2, 0) is 9.53 Å². The van der Waals surface area contributed by atoms with Crippen LogP contribution in [0.4, 0.5) is 13.6 Å². The maximum absolute atomic E-state index is 13.7. The molecule has 1 atom stereocenters. The molecule has 0 saturated heterocycles. The number of hydrogen-bond acceptors (Lipinski definition) is 3. The summed E-state index contributed by atoms with van der Waals surface area (Å²) in [6.45, 7) is 4.88. The van der Waals surface area contributed by atoms with Gasteiger partial charge in [-0.1, -0.05) is 0 Å². The fraction of sp³-hybridized carbons (Fsp3) is 0.429. The maximum Gasteiger partial charge on any atom is 0.408 e. The van der Waals surface area contributed by atoms with Gasteiger partial charge in [0.25, 0.3) is 0 Å². The summed E-state index contributed by atoms with van der Waals surface area (Å²) in [6, 6.07) is 1.40. The molecule has 0 aromatic heterocycles. The highest BCUT2D eigenvalue weighted by Gasteiger charge is 2.24. The van der Waals surface area contributed by atoms with E-state index >= 15 is 0 Å². The summed E-state index contributed by atoms with van der Waals surface area (Å²) in [4.78, 5) is 22.5. The van der Waals surface area contributed by atoms with E-state index in [4.69, 9.17) is 9.84 Å². The normalized spacial score (nSPS) is 12.6. The van der Waals surface area contributed by atoms with E-state index in [0.717, 1.165) is 18.2 Å². The smallest absolute Gasteiger partial charge is 0.408 e. The summed E-state index contributed by atoms with van der Waals surface area (Å²) in [5, 5.41) is 11.1. The second kappa shape index (κ2) is 6.51. The van der Waals surface area contributed by atoms with Gasteiger partial charge in [-0.15, -0.1) is 0 Å². The number of carbonyl (C=O) groups excluding carboxylic acids is 1. The van der Waals surface area contributed by atoms with Gasteiger partial charge in [0.05, 0.1) is 12.5 Å². The third-order valence-electron chi connectivity index (χ3n) is 2.40. The van der Waals surface area contributed by atoms with E-state index in [-0.39, 0.29) is 5.56 Å². The Labute approximate surface area is 120 Å². The molecule has 1 rings (SSSR count). The van der Waals surface area contributed by atoms with E-state index in [1.807, 2.05) is 0 Å². The zero-order valence-electron chi connectivity index (χ0n) is 11.9. The van der Waals surface area contributed by atoms with Gasteiger partial charge >= 0.3 is 12.1 Å². The highest BCUT2D eigenvalue weighted by Crippen LogP contribution is 2.22. The van der Waals surface area contributed by atoms with Gasteiger partial charge in [-0.2, -0.15) is 0 Å². The lowest BCUT2D eigenvalue weighted by atomic mass is 10.0. The van der Waals surface area contributed by atoms with Gasteiger partial charge in [-0.05, 0) is 39.0 Å². The summed E-state index contributed by atoms with van der Waals surface area (Å²) in [5.41, 5.74) is -1.04. The molecule has 0 aliphatic heterocycles. The van der Waals surface area contributed by atoms with Crippen molar-refractivity contribution in [3.63, 3.8) is 0 Å². The number of aliphatic carboxylic acids is 1. The Hall–Kier alpha value is -2.18. The van der Waals surface area contributed by atoms with Crippen molar-refractivity contribution in [2.24, 2.45) is 0 Å². The number of alkyl carbamates (subject to hydrolysis) is 1. The van der Waals surface area contributed by atoms with Crippen LogP contribution in [-0.4, -0.2) is 22.8 Å². The highest BCUT2D eigenvalue weighted by atomic mass is 19.1. The number of rotatable bonds is 4. The molecule has 0 radical (unpaired) electrons. The fourth-order valence-electron chi connectivity index (χ4n) is 1.64. The first-order valence-electron chi connectivity index (χ1n) is 6.25. The fourth-order valence-corrected chi connectivity index (χ4v) is 1.64. The van der Waals surface area contributed by atoms with Crippen LogP contribution in [0.25, 0.3) is 0 Å². The predicted molar refractivity (Wildman–Crippen MR) is 70.7 cm³/mol. The van der Waals surface area contributed by atoms with Gasteiger partial charge in [0, 0.05) is 5.56 Å². The summed E-state index contributed by atoms with van der Waals surface area (Å²) < 4.78 is 31.9. The molecule has 0 saturated carbocycles. The van der Waals surface area contributed by atoms with Crippen LogP contribution in [0.3, 0.4) is 0 Å². The van der Waals surface area contributed by atoms with Crippen molar-refractivity contribution in [3.05, 3.63) is 35.4 Å². The Bertz CT molecular complexity index is 540. The van der Waals surface area contributed by atoms with Crippen LogP contribution in [0, 0.1) is 11.6 Å². The third-order valence-corrected chi connectivity index (χ3v) is 2.40. The molecule has 0 heterocycles. The number of hydrogen-bond donors (Lipinski definition) is 2. The van der Waals surface area contributed by atoms with Crippen molar-refractivity contribution in [1.29, 1.82) is 0 Å². The molecule has 2 N–H and O–H groups in total. The molecule has 0 spiro atoms. The molecule has 1 aromatic carbocycles. The van der Waals surface area contributed by atoms with Crippen LogP contribution in [0.5, 0.6) is 0 Å². The van der Waals surface area contributed by atoms with Crippen LogP contribution in [0.15, 0.2) is 18.2 Å². The molecule has 0 aliphatic carbocycles. The molecule has 116 valence electrons. The minimum Gasteiger partial charge on any atom is -0.481 e. The molecular weight excluding hydrogens is 284 g/mol. The second-order valence-electron chi connectivity index (χ2n) is 5.46. The first-order chi connectivity index (χ1) is 9.58. The Balaban J connectivity index is 2.98. The monoisotopic (exact) mass is 301 g/mol. The standard InChI is InChI=1S/C14H17F2NO4/c1-14(2,3)21-13(20)17-11(7-12(18)19)9-6-8(15)4-5-10(9)16/h4-6,11H,7H2,1-3H3,(H,17,20)(H,18,19). The lowest BCUT2D eigenvalue weighted by Crippen LogP contribution is -2.36. The Morgan fingerprint density at radius 2 is 1.95 bits per heavy atom. The number of amides is 1. The molecule has 1 amide bonds. The van der Waals surface area contributed by atoms with Gasteiger partial charge in [0.2, 0.25) is 0 Å². The van der Waals surface area contributed by atoms with Gasteiger partial charge in [-0.25, -0.2) is 13.6 Å². The summed E-state index contributed by atoms with van der Waals surface area (Å²) in [5.74, 6) is -2.80. The Morgan fingerprint density at radius 1 is 1.33 bits per heavy atom. The maximum atomic E-state index is 13.7. The van der Waals surface area contributed by atoms with E-state index in [1.54, 1.807) is 20.8 Å². The second-order valence-corrected chi connectivity index (χ2v) is 5.46. The summed E-state index contributed by atoms with van der Waals surface area (Å²) in [7, 11) is 0. The molecule has 1 unspecified atom stereocenters. The molecular formula is C14H17F2NO4. The Morgan fingerprint density at radius 3 is 2.48 bits per heavy atom. The number of carboxylic acid groups (broad SMARTS) is 1. The van der Waals surface area contributed by atoms with Crippen molar-refractivity contribution in [3.8, 4) is 0 Å². The number of halogens is 2. The minimum absolute atomic E-state index is 0.247. The predicted octanol–water partition coefficient (Wildman–Crippen LogP) is 3.01. The average Bonchev–Trinajstić information content (AvgIpc) is 2.28. The van der Waals surface area contributed by atoms with Crippen molar-refractivity contribution in [2.75, 3.05) is 0 Å². The van der Waals surface area contributed by atoms with Crippen molar-refractivity contribution in [2.45, 2.75) is 38.8 Å². The van der Waals surface area contributed by atoms with Crippen LogP contribution in [0.1, 0.15) is 38.8 Å². The lowest BCUT2D eigenvalue weighted by Gasteiger charge is -2.23. The number of ether oxygens (including phenoxy) is 1. The van der Waals surface area contributed by atoms with Crippen molar-refractivity contribution < 1.29 is 28.2 Å². The average molecular weight is 301 g/mol. The molecule has 7 heteroatoms. The molecule has 0 bridgehead atoms. The molecule has 21 heavy (non-hydrogen) atoms. The quantitative estimate of drug-likeness (QED) is 0.896. The topological polar surface area (TPSA) is 75.6 Å². The number of nitrogens with one attached hydrogen (secondary N) is 1. The number of benzene rings is 1. The lowest BCUT2D eigenvalue weighted by molar-refractivity contribution is -0.137. The molecule has 0 fully saturated rings. The van der Waals surface area contributed by atoms with E-state index < -0.39 is 41.8 Å². The Kier molecular flexibility index (Phi) is 5.23. The number of carboxylic acids is 1. The highest BCUT2D eigenvalue weighted by molar-refractivity contribution is 5.72. The molecule has 0 aliphatic rings. The first kappa shape index (κ1) is 16.9. The van der Waals surface area contributed by atoms with Crippen LogP contribution >= 0.6 is 0 Å². The minimum atomic E-state index is -1.26. The summed E-state index contributed by atoms with van der Waals surface area (Å²) >= 11 is 0. The molecule has 5 nitrogen and oxygen atoms in total. The van der Waals surface area contributed by atoms with E-state index in [1.165, 1.54) is 0 Å². The largest absolute Gasteiger partial charge is 0.481 e. The van der Waals surface area contributed by atoms with E-state index in [0.29, 0.717) is 0 Å². The zero-order chi connectivity index (χ0) is 16.2. The first-order valence-corrected chi connectivity index (χ1v) is 6.25. The third kappa shape index (κ3) is 5.76. The zero-order valence-corrected chi connectivity index (χ0v) is 11.9. The van der Waals surface area contributed by atoms with Gasteiger partial charge in [0.15, 0.2) is 0 Å². The van der Waals surface area contributed by atoms with Crippen LogP contribution in [0.2, 0.25) is 0 Å². The van der Waals surface area contributed by atoms with Crippen molar-refractivity contribution >= 4 is 12.1 Å². The van der Waals surface area contributed by atoms with Crippen molar-refractivity contribution in [1.82, 2.24) is 5.32 Å². The van der Waals surface area contributed by atoms with Gasteiger partial charge in [0.1, 0.15) is 17.2 Å². The SMILES string of the molecule is CC(C)(C)OC(=O)NC(CC(=O)O)c1cc(F)ccc1F. The van der Waals surface area contributed by atoms with Crippen LogP contribution < -0.4 is 5.32 Å². The van der Waals surface area contributed by atoms with Gasteiger partial charge < -0.3 is 15.2 Å². The van der Waals surface area contributed by atoms with E-state index in [2.05, 4.69) is 5.32 Å².